The predicted molar refractivity (Wildman–Crippen MR) is 114 cm³/mol. The fraction of sp³-hybridized carbons (Fsp3) is 0.400. The maximum Gasteiger partial charge on any atom is 0.417 e. The molecular weight excluding hydrogens is 449 g/mol. The Morgan fingerprint density at radius 3 is 2.62 bits per heavy atom. The summed E-state index contributed by atoms with van der Waals surface area (Å²) in [5.74, 6) is -1.65. The van der Waals surface area contributed by atoms with Crippen LogP contribution in [-0.2, 0) is 15.8 Å². The molecule has 12 heteroatoms. The Morgan fingerprint density at radius 1 is 1.22 bits per heavy atom. The minimum Gasteiger partial charge on any atom is -0.383 e. The van der Waals surface area contributed by atoms with Crippen molar-refractivity contribution in [2.75, 3.05) is 34.4 Å². The number of nitrogens with zero attached hydrogens (tertiary/aromatic N) is 3. The van der Waals surface area contributed by atoms with Gasteiger partial charge in [-0.25, -0.2) is 0 Å². The van der Waals surface area contributed by atoms with Crippen LogP contribution in [0.4, 0.5) is 36.4 Å². The molecule has 32 heavy (non-hydrogen) atoms. The number of anilines is 4. The first-order valence-corrected chi connectivity index (χ1v) is 10.4. The number of nitrogens with two attached hydrogens (primary N) is 1. The van der Waals surface area contributed by atoms with Crippen LogP contribution < -0.4 is 21.3 Å². The van der Waals surface area contributed by atoms with Gasteiger partial charge < -0.3 is 21.3 Å². The molecule has 1 aromatic heterocycles. The average Bonchev–Trinajstić information content (AvgIpc) is 2.74. The summed E-state index contributed by atoms with van der Waals surface area (Å²) in [6, 6.07) is 3.03. The number of carbonyl (C=O) groups is 2. The second-order valence-electron chi connectivity index (χ2n) is 7.71. The highest BCUT2D eigenvalue weighted by atomic mass is 35.5. The van der Waals surface area contributed by atoms with Crippen molar-refractivity contribution in [2.45, 2.75) is 37.8 Å². The topological polar surface area (TPSA) is 113 Å². The maximum atomic E-state index is 13.1. The van der Waals surface area contributed by atoms with Crippen molar-refractivity contribution < 1.29 is 22.8 Å². The number of alkyl halides is 3. The number of carbonyl (C=O) groups excluding carboxylic acids is 2. The lowest BCUT2D eigenvalue weighted by Gasteiger charge is -2.30. The monoisotopic (exact) mass is 468 g/mol. The van der Waals surface area contributed by atoms with Gasteiger partial charge in [-0.2, -0.15) is 23.1 Å². The maximum absolute atomic E-state index is 13.1. The van der Waals surface area contributed by atoms with Gasteiger partial charge >= 0.3 is 6.18 Å². The number of aromatic nitrogens is 2. The van der Waals surface area contributed by atoms with E-state index in [9.17, 15) is 22.8 Å². The second-order valence-corrected chi connectivity index (χ2v) is 8.11. The molecular formula is C20H20ClF3N6O2. The molecule has 1 aromatic carbocycles. The Morgan fingerprint density at radius 2 is 1.94 bits per heavy atom. The Hall–Kier alpha value is -3.08. The third kappa shape index (κ3) is 4.43. The first-order valence-electron chi connectivity index (χ1n) is 10.0. The molecule has 0 radical (unpaired) electrons. The van der Waals surface area contributed by atoms with Gasteiger partial charge in [-0.3, -0.25) is 9.59 Å². The summed E-state index contributed by atoms with van der Waals surface area (Å²) in [6.07, 6.45) is -1.85. The summed E-state index contributed by atoms with van der Waals surface area (Å²) >= 11 is 5.63. The molecule has 2 aliphatic heterocycles. The molecule has 0 saturated carbocycles. The molecule has 1 fully saturated rings. The van der Waals surface area contributed by atoms with E-state index in [-0.39, 0.29) is 29.3 Å². The zero-order valence-corrected chi connectivity index (χ0v) is 17.6. The van der Waals surface area contributed by atoms with E-state index in [4.69, 9.17) is 17.3 Å². The van der Waals surface area contributed by atoms with Gasteiger partial charge in [0.15, 0.2) is 0 Å². The number of benzene rings is 1. The molecule has 2 aliphatic rings. The van der Waals surface area contributed by atoms with Crippen LogP contribution in [0.25, 0.3) is 0 Å². The number of hydrogen-bond donors (Lipinski definition) is 3. The van der Waals surface area contributed by atoms with Crippen molar-refractivity contribution in [3.05, 3.63) is 34.3 Å². The van der Waals surface area contributed by atoms with Crippen LogP contribution in [0, 0.1) is 0 Å². The van der Waals surface area contributed by atoms with Crippen LogP contribution in [-0.4, -0.2) is 34.9 Å². The normalized spacial score (nSPS) is 18.7. The standard InChI is InChI=1S/C20H20ClF3N6O2/c21-13-5-4-10(8-12(13)20(22,23)24)26-18(32)11-9-14(31)27-17-15(11)16(25)28-19(29-17)30-6-2-1-3-7-30/h4-5,8,11H,1-3,6-7,9H2,(H,26,32)(H3,25,27,28,29,31). The van der Waals surface area contributed by atoms with E-state index in [1.165, 1.54) is 6.07 Å². The quantitative estimate of drug-likeness (QED) is 0.631. The molecule has 1 atom stereocenters. The molecule has 0 spiro atoms. The molecule has 1 saturated heterocycles. The summed E-state index contributed by atoms with van der Waals surface area (Å²) in [5, 5.41) is 4.56. The zero-order valence-electron chi connectivity index (χ0n) is 16.8. The summed E-state index contributed by atoms with van der Waals surface area (Å²) in [7, 11) is 0. The Bertz CT molecular complexity index is 1070. The van der Waals surface area contributed by atoms with Gasteiger partial charge in [0.2, 0.25) is 17.8 Å². The molecule has 3 heterocycles. The molecule has 2 amide bonds. The van der Waals surface area contributed by atoms with E-state index in [2.05, 4.69) is 20.6 Å². The molecule has 0 bridgehead atoms. The van der Waals surface area contributed by atoms with E-state index in [1.54, 1.807) is 0 Å². The minimum absolute atomic E-state index is 0.0443. The fourth-order valence-corrected chi connectivity index (χ4v) is 4.12. The summed E-state index contributed by atoms with van der Waals surface area (Å²) in [5.41, 5.74) is 5.20. The molecule has 4 N–H and O–H groups in total. The molecule has 2 aromatic rings. The third-order valence-corrected chi connectivity index (χ3v) is 5.78. The molecule has 170 valence electrons. The van der Waals surface area contributed by atoms with Crippen LogP contribution in [0.3, 0.4) is 0 Å². The van der Waals surface area contributed by atoms with Gasteiger partial charge in [0, 0.05) is 25.2 Å². The van der Waals surface area contributed by atoms with Gasteiger partial charge in [0.1, 0.15) is 11.6 Å². The van der Waals surface area contributed by atoms with Crippen LogP contribution in [0.15, 0.2) is 18.2 Å². The van der Waals surface area contributed by atoms with Crippen LogP contribution in [0.1, 0.15) is 42.7 Å². The van der Waals surface area contributed by atoms with E-state index in [1.807, 2.05) is 4.90 Å². The lowest BCUT2D eigenvalue weighted by molar-refractivity contribution is -0.137. The van der Waals surface area contributed by atoms with Gasteiger partial charge in [-0.05, 0) is 37.5 Å². The summed E-state index contributed by atoms with van der Waals surface area (Å²) < 4.78 is 39.4. The van der Waals surface area contributed by atoms with Gasteiger partial charge in [0.25, 0.3) is 0 Å². The Kier molecular flexibility index (Phi) is 5.85. The lowest BCUT2D eigenvalue weighted by Crippen LogP contribution is -2.35. The second kappa shape index (κ2) is 8.45. The van der Waals surface area contributed by atoms with E-state index >= 15 is 0 Å². The first kappa shape index (κ1) is 22.1. The largest absolute Gasteiger partial charge is 0.417 e. The van der Waals surface area contributed by atoms with Gasteiger partial charge in [-0.1, -0.05) is 11.6 Å². The van der Waals surface area contributed by atoms with E-state index < -0.39 is 34.5 Å². The zero-order chi connectivity index (χ0) is 23.0. The van der Waals surface area contributed by atoms with Crippen molar-refractivity contribution >= 4 is 46.7 Å². The highest BCUT2D eigenvalue weighted by molar-refractivity contribution is 6.31. The summed E-state index contributed by atoms with van der Waals surface area (Å²) in [4.78, 5) is 35.9. The van der Waals surface area contributed by atoms with Gasteiger partial charge in [0.05, 0.1) is 22.1 Å². The SMILES string of the molecule is Nc1nc(N2CCCCC2)nc2c1C(C(=O)Nc1ccc(Cl)c(C(F)(F)F)c1)CC(=O)N2. The first-order chi connectivity index (χ1) is 15.1. The lowest BCUT2D eigenvalue weighted by atomic mass is 9.91. The fourth-order valence-electron chi connectivity index (χ4n) is 3.89. The number of piperidine rings is 1. The van der Waals surface area contributed by atoms with Crippen molar-refractivity contribution in [1.82, 2.24) is 9.97 Å². The van der Waals surface area contributed by atoms with Gasteiger partial charge in [-0.15, -0.1) is 0 Å². The van der Waals surface area contributed by atoms with Crippen LogP contribution >= 0.6 is 11.6 Å². The van der Waals surface area contributed by atoms with E-state index in [0.717, 1.165) is 44.5 Å². The number of hydrogen-bond acceptors (Lipinski definition) is 6. The number of nitrogens with one attached hydrogen (secondary N) is 2. The average molecular weight is 469 g/mol. The third-order valence-electron chi connectivity index (χ3n) is 5.45. The number of fused-ring (bicyclic) bond motifs is 1. The van der Waals surface area contributed by atoms with Crippen molar-refractivity contribution in [2.24, 2.45) is 0 Å². The Labute approximate surface area is 186 Å². The van der Waals surface area contributed by atoms with Crippen LogP contribution in [0.5, 0.6) is 0 Å². The molecule has 0 aliphatic carbocycles. The van der Waals surface area contributed by atoms with Crippen LogP contribution in [0.2, 0.25) is 5.02 Å². The predicted octanol–water partition coefficient (Wildman–Crippen LogP) is 3.79. The van der Waals surface area contributed by atoms with E-state index in [0.29, 0.717) is 5.95 Å². The number of amides is 2. The highest BCUT2D eigenvalue weighted by Gasteiger charge is 2.36. The molecule has 4 rings (SSSR count). The van der Waals surface area contributed by atoms with Crippen molar-refractivity contribution in [1.29, 1.82) is 0 Å². The molecule has 8 nitrogen and oxygen atoms in total. The highest BCUT2D eigenvalue weighted by Crippen LogP contribution is 2.39. The number of halogens is 4. The minimum atomic E-state index is -4.68. The Balaban J connectivity index is 1.63. The van der Waals surface area contributed by atoms with Crippen molar-refractivity contribution in [3.8, 4) is 0 Å². The number of nitrogen functional groups attached to an aromatic ring is 1. The number of rotatable bonds is 3. The van der Waals surface area contributed by atoms with Crippen molar-refractivity contribution in [3.63, 3.8) is 0 Å². The smallest absolute Gasteiger partial charge is 0.383 e. The molecule has 1 unspecified atom stereocenters. The summed E-state index contributed by atoms with van der Waals surface area (Å²) in [6.45, 7) is 1.52.